The molecule has 1 aliphatic rings. The summed E-state index contributed by atoms with van der Waals surface area (Å²) in [6.07, 6.45) is 2.17. The smallest absolute Gasteiger partial charge is 0.225 e. The van der Waals surface area contributed by atoms with Gasteiger partial charge in [-0.3, -0.25) is 9.78 Å². The van der Waals surface area contributed by atoms with Crippen molar-refractivity contribution < 1.29 is 14.3 Å². The van der Waals surface area contributed by atoms with E-state index in [0.29, 0.717) is 17.9 Å². The fourth-order valence-corrected chi connectivity index (χ4v) is 3.79. The number of fused-ring (bicyclic) bond motifs is 2. The molecule has 0 radical (unpaired) electrons. The number of aromatic nitrogens is 1. The molecule has 0 bridgehead atoms. The van der Waals surface area contributed by atoms with E-state index >= 15 is 0 Å². The molecule has 5 nitrogen and oxygen atoms in total. The van der Waals surface area contributed by atoms with E-state index in [0.717, 1.165) is 33.3 Å². The first-order valence-corrected chi connectivity index (χ1v) is 8.52. The van der Waals surface area contributed by atoms with Gasteiger partial charge in [0.25, 0.3) is 0 Å². The first kappa shape index (κ1) is 16.4. The molecule has 4 rings (SSSR count). The summed E-state index contributed by atoms with van der Waals surface area (Å²) in [5.41, 5.74) is 5.01. The van der Waals surface area contributed by atoms with Crippen molar-refractivity contribution in [1.82, 2.24) is 4.98 Å². The van der Waals surface area contributed by atoms with Crippen molar-refractivity contribution in [3.8, 4) is 11.5 Å². The van der Waals surface area contributed by atoms with Gasteiger partial charge in [-0.2, -0.15) is 0 Å². The molecule has 0 aliphatic carbocycles. The first-order chi connectivity index (χ1) is 12.6. The second-order valence-electron chi connectivity index (χ2n) is 6.47. The number of pyridine rings is 1. The number of carbonyl (C=O) groups excluding carboxylic acids is 1. The highest BCUT2D eigenvalue weighted by Crippen LogP contribution is 2.45. The summed E-state index contributed by atoms with van der Waals surface area (Å²) in [4.78, 5) is 16.9. The van der Waals surface area contributed by atoms with Crippen LogP contribution in [0.15, 0.2) is 42.6 Å². The number of methoxy groups -OCH3 is 2. The zero-order chi connectivity index (χ0) is 18.3. The highest BCUT2D eigenvalue weighted by Gasteiger charge is 2.30. The minimum atomic E-state index is -0.0635. The van der Waals surface area contributed by atoms with E-state index < -0.39 is 0 Å². The predicted octanol–water partition coefficient (Wildman–Crippen LogP) is 4.03. The molecule has 0 spiro atoms. The minimum absolute atomic E-state index is 0.00462. The number of amides is 1. The molecule has 1 aromatic heterocycles. The average molecular weight is 348 g/mol. The number of rotatable bonds is 3. The van der Waals surface area contributed by atoms with Crippen LogP contribution in [0.5, 0.6) is 11.5 Å². The van der Waals surface area contributed by atoms with E-state index in [1.807, 2.05) is 24.3 Å². The lowest BCUT2D eigenvalue weighted by molar-refractivity contribution is -0.116. The number of ether oxygens (including phenoxy) is 2. The van der Waals surface area contributed by atoms with Crippen LogP contribution in [0.3, 0.4) is 0 Å². The number of nitrogens with one attached hydrogen (secondary N) is 1. The second-order valence-corrected chi connectivity index (χ2v) is 6.47. The lowest BCUT2D eigenvalue weighted by Gasteiger charge is -2.29. The second kappa shape index (κ2) is 6.33. The van der Waals surface area contributed by atoms with Crippen LogP contribution in [0.4, 0.5) is 5.69 Å². The average Bonchev–Trinajstić information content (AvgIpc) is 2.66. The molecule has 0 saturated heterocycles. The number of hydrogen-bond donors (Lipinski definition) is 1. The number of hydrogen-bond acceptors (Lipinski definition) is 4. The molecule has 2 heterocycles. The van der Waals surface area contributed by atoms with Crippen LogP contribution in [0, 0.1) is 6.92 Å². The van der Waals surface area contributed by atoms with Gasteiger partial charge in [-0.15, -0.1) is 0 Å². The molecular formula is C21H20N2O3. The van der Waals surface area contributed by atoms with Crippen LogP contribution in [0.1, 0.15) is 29.0 Å². The normalized spacial score (nSPS) is 16.1. The third kappa shape index (κ3) is 2.56. The summed E-state index contributed by atoms with van der Waals surface area (Å²) < 4.78 is 10.9. The molecular weight excluding hydrogens is 328 g/mol. The molecule has 1 atom stereocenters. The van der Waals surface area contributed by atoms with E-state index in [9.17, 15) is 4.79 Å². The van der Waals surface area contributed by atoms with Crippen molar-refractivity contribution in [1.29, 1.82) is 0 Å². The van der Waals surface area contributed by atoms with Crippen molar-refractivity contribution >= 4 is 22.5 Å². The van der Waals surface area contributed by atoms with E-state index in [2.05, 4.69) is 29.4 Å². The van der Waals surface area contributed by atoms with Crippen molar-refractivity contribution in [2.75, 3.05) is 19.5 Å². The van der Waals surface area contributed by atoms with Crippen molar-refractivity contribution in [3.63, 3.8) is 0 Å². The van der Waals surface area contributed by atoms with Crippen LogP contribution >= 0.6 is 0 Å². The van der Waals surface area contributed by atoms with E-state index in [4.69, 9.17) is 9.47 Å². The molecule has 0 fully saturated rings. The Bertz CT molecular complexity index is 1010. The lowest BCUT2D eigenvalue weighted by atomic mass is 9.81. The molecule has 132 valence electrons. The first-order valence-electron chi connectivity index (χ1n) is 8.52. The zero-order valence-electron chi connectivity index (χ0n) is 15.0. The Morgan fingerprint density at radius 1 is 1.12 bits per heavy atom. The van der Waals surface area contributed by atoms with E-state index in [-0.39, 0.29) is 11.8 Å². The third-order valence-corrected chi connectivity index (χ3v) is 4.99. The van der Waals surface area contributed by atoms with Gasteiger partial charge in [0.15, 0.2) is 11.5 Å². The van der Waals surface area contributed by atoms with Crippen LogP contribution in [0.25, 0.3) is 10.9 Å². The van der Waals surface area contributed by atoms with Gasteiger partial charge in [0, 0.05) is 35.7 Å². The number of nitrogens with zero attached hydrogens (tertiary/aromatic N) is 1. The fraction of sp³-hybridized carbons (Fsp3) is 0.238. The van der Waals surface area contributed by atoms with Crippen molar-refractivity contribution in [3.05, 3.63) is 59.3 Å². The summed E-state index contributed by atoms with van der Waals surface area (Å²) in [5, 5.41) is 4.04. The van der Waals surface area contributed by atoms with Crippen molar-refractivity contribution in [2.24, 2.45) is 0 Å². The summed E-state index contributed by atoms with van der Waals surface area (Å²) in [5.74, 6) is 1.19. The third-order valence-electron chi connectivity index (χ3n) is 4.99. The van der Waals surface area contributed by atoms with E-state index in [1.54, 1.807) is 20.4 Å². The van der Waals surface area contributed by atoms with Gasteiger partial charge in [0.2, 0.25) is 5.91 Å². The summed E-state index contributed by atoms with van der Waals surface area (Å²) in [6, 6.07) is 11.9. The maximum atomic E-state index is 12.4. The van der Waals surface area contributed by atoms with Crippen LogP contribution < -0.4 is 14.8 Å². The zero-order valence-corrected chi connectivity index (χ0v) is 15.0. The summed E-state index contributed by atoms with van der Waals surface area (Å²) in [7, 11) is 3.21. The van der Waals surface area contributed by atoms with Crippen LogP contribution in [-0.4, -0.2) is 25.1 Å². The maximum Gasteiger partial charge on any atom is 0.225 e. The Balaban J connectivity index is 1.98. The predicted molar refractivity (Wildman–Crippen MR) is 101 cm³/mol. The molecule has 1 aliphatic heterocycles. The summed E-state index contributed by atoms with van der Waals surface area (Å²) in [6.45, 7) is 2.08. The number of benzene rings is 2. The fourth-order valence-electron chi connectivity index (χ4n) is 3.79. The number of aryl methyl sites for hydroxylation is 1. The van der Waals surface area contributed by atoms with Crippen LogP contribution in [0.2, 0.25) is 0 Å². The summed E-state index contributed by atoms with van der Waals surface area (Å²) >= 11 is 0. The molecule has 5 heteroatoms. The number of carbonyl (C=O) groups is 1. The van der Waals surface area contributed by atoms with Gasteiger partial charge in [-0.25, -0.2) is 0 Å². The lowest BCUT2D eigenvalue weighted by Crippen LogP contribution is -2.24. The quantitative estimate of drug-likeness (QED) is 0.776. The van der Waals surface area contributed by atoms with Gasteiger partial charge < -0.3 is 14.8 Å². The molecule has 0 saturated carbocycles. The molecule has 3 aromatic rings. The minimum Gasteiger partial charge on any atom is -0.493 e. The molecule has 1 unspecified atom stereocenters. The van der Waals surface area contributed by atoms with Gasteiger partial charge in [-0.05, 0) is 41.8 Å². The highest BCUT2D eigenvalue weighted by molar-refractivity contribution is 5.97. The maximum absolute atomic E-state index is 12.4. The SMILES string of the molecule is COc1cc2c(cc1OC)C(c1c(C)ccc3ncccc13)CC(=O)N2. The Hall–Kier alpha value is -3.08. The van der Waals surface area contributed by atoms with Gasteiger partial charge in [-0.1, -0.05) is 12.1 Å². The monoisotopic (exact) mass is 348 g/mol. The molecule has 1 amide bonds. The van der Waals surface area contributed by atoms with Gasteiger partial charge in [0.1, 0.15) is 0 Å². The molecule has 2 aromatic carbocycles. The Kier molecular flexibility index (Phi) is 3.99. The van der Waals surface area contributed by atoms with Crippen molar-refractivity contribution in [2.45, 2.75) is 19.3 Å². The molecule has 26 heavy (non-hydrogen) atoms. The Morgan fingerprint density at radius 3 is 2.65 bits per heavy atom. The highest BCUT2D eigenvalue weighted by atomic mass is 16.5. The largest absolute Gasteiger partial charge is 0.493 e. The molecule has 1 N–H and O–H groups in total. The van der Waals surface area contributed by atoms with Gasteiger partial charge in [0.05, 0.1) is 19.7 Å². The number of anilines is 1. The topological polar surface area (TPSA) is 60.5 Å². The van der Waals surface area contributed by atoms with E-state index in [1.165, 1.54) is 0 Å². The Morgan fingerprint density at radius 2 is 1.88 bits per heavy atom. The van der Waals surface area contributed by atoms with Gasteiger partial charge >= 0.3 is 0 Å². The Labute approximate surface area is 152 Å². The standard InChI is InChI=1S/C21H20N2O3/c1-12-6-7-16-13(5-4-8-22-16)21(12)15-10-20(24)23-17-11-19(26-3)18(25-2)9-14(15)17/h4-9,11,15H,10H2,1-3H3,(H,23,24). The van der Waals surface area contributed by atoms with Crippen LogP contribution in [-0.2, 0) is 4.79 Å².